The van der Waals surface area contributed by atoms with E-state index in [0.717, 1.165) is 22.0 Å². The number of hydrogen-bond donors (Lipinski definition) is 1. The van der Waals surface area contributed by atoms with E-state index < -0.39 is 0 Å². The quantitative estimate of drug-likeness (QED) is 0.749. The van der Waals surface area contributed by atoms with Crippen LogP contribution in [-0.4, -0.2) is 14.4 Å². The smallest absolute Gasteiger partial charge is 0.194 e. The number of aryl methyl sites for hydroxylation is 2. The van der Waals surface area contributed by atoms with Crippen molar-refractivity contribution in [3.8, 4) is 0 Å². The molecular weight excluding hydrogens is 280 g/mol. The second-order valence-corrected chi connectivity index (χ2v) is 5.90. The van der Waals surface area contributed by atoms with E-state index in [2.05, 4.69) is 32.8 Å². The predicted octanol–water partition coefficient (Wildman–Crippen LogP) is 3.67. The van der Waals surface area contributed by atoms with E-state index in [4.69, 9.17) is 11.6 Å². The van der Waals surface area contributed by atoms with Gasteiger partial charge in [0, 0.05) is 17.3 Å². The molecule has 0 aliphatic rings. The van der Waals surface area contributed by atoms with Gasteiger partial charge in [0.1, 0.15) is 0 Å². The van der Waals surface area contributed by atoms with Crippen LogP contribution in [0.15, 0.2) is 24.5 Å². The van der Waals surface area contributed by atoms with Crippen LogP contribution in [0.3, 0.4) is 0 Å². The molecule has 0 spiro atoms. The summed E-state index contributed by atoms with van der Waals surface area (Å²) in [6.07, 6.45) is 3.79. The number of rotatable bonds is 3. The number of pyridine rings is 1. The highest BCUT2D eigenvalue weighted by atomic mass is 35.5. The average molecular weight is 293 g/mol. The molecule has 0 fully saturated rings. The zero-order valence-corrected chi connectivity index (χ0v) is 12.2. The van der Waals surface area contributed by atoms with Gasteiger partial charge in [0.25, 0.3) is 0 Å². The minimum absolute atomic E-state index is 0.488. The summed E-state index contributed by atoms with van der Waals surface area (Å²) in [5, 5.41) is 3.80. The van der Waals surface area contributed by atoms with E-state index in [9.17, 15) is 0 Å². The fourth-order valence-corrected chi connectivity index (χ4v) is 3.09. The number of thiazole rings is 1. The summed E-state index contributed by atoms with van der Waals surface area (Å²) in [7, 11) is 0. The number of fused-ring (bicyclic) bond motifs is 1. The molecule has 3 aromatic rings. The second-order valence-electron chi connectivity index (χ2n) is 4.33. The molecule has 0 radical (unpaired) electrons. The number of hydrogen-bond acceptors (Lipinski definition) is 4. The van der Waals surface area contributed by atoms with Crippen molar-refractivity contribution in [1.82, 2.24) is 14.4 Å². The van der Waals surface area contributed by atoms with Gasteiger partial charge < -0.3 is 5.32 Å². The highest BCUT2D eigenvalue weighted by Gasteiger charge is 2.11. The first-order valence-electron chi connectivity index (χ1n) is 5.93. The van der Waals surface area contributed by atoms with Gasteiger partial charge in [0.05, 0.1) is 23.6 Å². The Morgan fingerprint density at radius 3 is 3.05 bits per heavy atom. The van der Waals surface area contributed by atoms with E-state index in [1.165, 1.54) is 4.88 Å². The number of nitrogens with zero attached hydrogens (tertiary/aromatic N) is 3. The molecule has 0 atom stereocenters. The lowest BCUT2D eigenvalue weighted by Gasteiger charge is -2.07. The first-order chi connectivity index (χ1) is 9.15. The Hall–Kier alpha value is -1.59. The third-order valence-corrected chi connectivity index (χ3v) is 4.15. The molecule has 0 aliphatic heterocycles. The number of nitrogens with one attached hydrogen (secondary N) is 1. The normalized spacial score (nSPS) is 11.1. The molecule has 0 saturated carbocycles. The monoisotopic (exact) mass is 292 g/mol. The molecule has 1 N–H and O–H groups in total. The molecule has 0 aliphatic carbocycles. The van der Waals surface area contributed by atoms with Crippen molar-refractivity contribution in [3.05, 3.63) is 45.9 Å². The standard InChI is InChI=1S/C13H13ClN4S/c1-8-7-18-11(9(2)17-13(18)19-8)6-16-10-4-3-5-15-12(10)14/h3-5,7,16H,6H2,1-2H3. The molecule has 98 valence electrons. The molecule has 0 bridgehead atoms. The van der Waals surface area contributed by atoms with Crippen LogP contribution in [-0.2, 0) is 6.54 Å². The van der Waals surface area contributed by atoms with Crippen LogP contribution in [0.4, 0.5) is 5.69 Å². The summed E-state index contributed by atoms with van der Waals surface area (Å²) in [6.45, 7) is 4.79. The van der Waals surface area contributed by atoms with Gasteiger partial charge in [-0.1, -0.05) is 11.6 Å². The lowest BCUT2D eigenvalue weighted by molar-refractivity contribution is 0.989. The fourth-order valence-electron chi connectivity index (χ4n) is 2.02. The van der Waals surface area contributed by atoms with Gasteiger partial charge in [0.15, 0.2) is 10.1 Å². The molecule has 19 heavy (non-hydrogen) atoms. The molecule has 3 heterocycles. The topological polar surface area (TPSA) is 42.2 Å². The van der Waals surface area contributed by atoms with Crippen LogP contribution in [0.1, 0.15) is 16.3 Å². The molecule has 3 aromatic heterocycles. The van der Waals surface area contributed by atoms with Crippen LogP contribution >= 0.6 is 22.9 Å². The zero-order valence-electron chi connectivity index (χ0n) is 10.6. The van der Waals surface area contributed by atoms with Gasteiger partial charge >= 0.3 is 0 Å². The van der Waals surface area contributed by atoms with Gasteiger partial charge in [-0.2, -0.15) is 0 Å². The third-order valence-electron chi connectivity index (χ3n) is 2.95. The van der Waals surface area contributed by atoms with Gasteiger partial charge in [-0.05, 0) is 26.0 Å². The summed E-state index contributed by atoms with van der Waals surface area (Å²) in [5.74, 6) is 0. The summed E-state index contributed by atoms with van der Waals surface area (Å²) in [6, 6.07) is 3.78. The van der Waals surface area contributed by atoms with Crippen LogP contribution in [0.2, 0.25) is 5.15 Å². The third kappa shape index (κ3) is 2.31. The van der Waals surface area contributed by atoms with E-state index in [1.807, 2.05) is 19.1 Å². The van der Waals surface area contributed by atoms with Crippen LogP contribution < -0.4 is 5.32 Å². The van der Waals surface area contributed by atoms with Crippen molar-refractivity contribution in [2.24, 2.45) is 0 Å². The van der Waals surface area contributed by atoms with Crippen molar-refractivity contribution in [3.63, 3.8) is 0 Å². The molecule has 0 amide bonds. The van der Waals surface area contributed by atoms with Gasteiger partial charge in [-0.3, -0.25) is 4.40 Å². The lowest BCUT2D eigenvalue weighted by Crippen LogP contribution is -2.04. The fraction of sp³-hybridized carbons (Fsp3) is 0.231. The van der Waals surface area contributed by atoms with Crippen molar-refractivity contribution in [2.75, 3.05) is 5.32 Å². The van der Waals surface area contributed by atoms with Gasteiger partial charge in [-0.15, -0.1) is 11.3 Å². The minimum atomic E-state index is 0.488. The maximum Gasteiger partial charge on any atom is 0.194 e. The molecule has 3 rings (SSSR count). The lowest BCUT2D eigenvalue weighted by atomic mass is 10.3. The molecular formula is C13H13ClN4S. The van der Waals surface area contributed by atoms with Crippen molar-refractivity contribution >= 4 is 33.6 Å². The number of anilines is 1. The van der Waals surface area contributed by atoms with E-state index >= 15 is 0 Å². The Labute approximate surface area is 120 Å². The Morgan fingerprint density at radius 2 is 2.26 bits per heavy atom. The predicted molar refractivity (Wildman–Crippen MR) is 79.1 cm³/mol. The Morgan fingerprint density at radius 1 is 1.42 bits per heavy atom. The largest absolute Gasteiger partial charge is 0.377 e. The molecule has 6 heteroatoms. The first kappa shape index (κ1) is 12.4. The molecule has 4 nitrogen and oxygen atoms in total. The van der Waals surface area contributed by atoms with Gasteiger partial charge in [-0.25, -0.2) is 9.97 Å². The summed E-state index contributed by atoms with van der Waals surface area (Å²) in [5.41, 5.74) is 3.03. The summed E-state index contributed by atoms with van der Waals surface area (Å²) < 4.78 is 2.13. The second kappa shape index (κ2) is 4.83. The maximum absolute atomic E-state index is 6.03. The number of imidazole rings is 1. The first-order valence-corrected chi connectivity index (χ1v) is 7.13. The number of halogens is 1. The van der Waals surface area contributed by atoms with Crippen molar-refractivity contribution in [1.29, 1.82) is 0 Å². The van der Waals surface area contributed by atoms with E-state index in [1.54, 1.807) is 17.5 Å². The zero-order chi connectivity index (χ0) is 13.4. The summed E-state index contributed by atoms with van der Waals surface area (Å²) >= 11 is 7.73. The summed E-state index contributed by atoms with van der Waals surface area (Å²) in [4.78, 5) is 10.9. The van der Waals surface area contributed by atoms with Crippen molar-refractivity contribution in [2.45, 2.75) is 20.4 Å². The molecule has 0 aromatic carbocycles. The highest BCUT2D eigenvalue weighted by Crippen LogP contribution is 2.23. The van der Waals surface area contributed by atoms with Crippen LogP contribution in [0, 0.1) is 13.8 Å². The number of aromatic nitrogens is 3. The SMILES string of the molecule is Cc1cn2c(CNc3cccnc3Cl)c(C)nc2s1. The van der Waals surface area contributed by atoms with Gasteiger partial charge in [0.2, 0.25) is 0 Å². The average Bonchev–Trinajstić information content (AvgIpc) is 2.84. The van der Waals surface area contributed by atoms with Crippen LogP contribution in [0.5, 0.6) is 0 Å². The van der Waals surface area contributed by atoms with E-state index in [0.29, 0.717) is 11.7 Å². The molecule has 0 unspecified atom stereocenters. The maximum atomic E-state index is 6.03. The molecule has 0 saturated heterocycles. The Bertz CT molecular complexity index is 731. The van der Waals surface area contributed by atoms with Crippen LogP contribution in [0.25, 0.3) is 4.96 Å². The Kier molecular flexibility index (Phi) is 3.16. The van der Waals surface area contributed by atoms with Crippen molar-refractivity contribution < 1.29 is 0 Å². The van der Waals surface area contributed by atoms with E-state index in [-0.39, 0.29) is 0 Å². The minimum Gasteiger partial charge on any atom is -0.377 e. The Balaban J connectivity index is 1.89. The highest BCUT2D eigenvalue weighted by molar-refractivity contribution is 7.17.